The Labute approximate surface area is 214 Å². The fraction of sp³-hybridized carbons (Fsp3) is 0.400. The Morgan fingerprint density at radius 2 is 1.61 bits per heavy atom. The maximum Gasteiger partial charge on any atom is 0.414 e. The molecule has 1 heterocycles. The van der Waals surface area contributed by atoms with Crippen molar-refractivity contribution in [1.82, 2.24) is 4.90 Å². The highest BCUT2D eigenvalue weighted by molar-refractivity contribution is 6.30. The number of ether oxygens (including phenoxy) is 3. The van der Waals surface area contributed by atoms with Crippen LogP contribution in [-0.4, -0.2) is 73.4 Å². The van der Waals surface area contributed by atoms with Gasteiger partial charge in [0.05, 0.1) is 27.4 Å². The van der Waals surface area contributed by atoms with Crippen molar-refractivity contribution in [3.63, 3.8) is 0 Å². The summed E-state index contributed by atoms with van der Waals surface area (Å²) in [7, 11) is 3.28. The number of likely N-dealkylation sites (tertiary alicyclic amines) is 1. The maximum atomic E-state index is 12.3. The van der Waals surface area contributed by atoms with E-state index < -0.39 is 11.9 Å². The number of hydrogen-bond acceptors (Lipinski definition) is 7. The van der Waals surface area contributed by atoms with E-state index >= 15 is 0 Å². The molecule has 2 aromatic rings. The Balaban J connectivity index is 0.000000678. The van der Waals surface area contributed by atoms with E-state index in [2.05, 4.69) is 10.2 Å². The van der Waals surface area contributed by atoms with Crippen LogP contribution < -0.4 is 14.8 Å². The van der Waals surface area contributed by atoms with Gasteiger partial charge in [-0.05, 0) is 67.7 Å². The minimum Gasteiger partial charge on any atom is -0.497 e. The zero-order valence-electron chi connectivity index (χ0n) is 20.2. The van der Waals surface area contributed by atoms with E-state index in [1.165, 1.54) is 0 Å². The van der Waals surface area contributed by atoms with Gasteiger partial charge >= 0.3 is 11.9 Å². The third kappa shape index (κ3) is 10.5. The van der Waals surface area contributed by atoms with Crippen molar-refractivity contribution in [2.45, 2.75) is 19.4 Å². The van der Waals surface area contributed by atoms with Crippen LogP contribution in [0.3, 0.4) is 0 Å². The van der Waals surface area contributed by atoms with Crippen LogP contribution in [0.1, 0.15) is 18.4 Å². The number of hydrogen-bond donors (Lipinski definition) is 3. The van der Waals surface area contributed by atoms with E-state index in [0.717, 1.165) is 48.7 Å². The van der Waals surface area contributed by atoms with Crippen LogP contribution >= 0.6 is 11.6 Å². The van der Waals surface area contributed by atoms with Crippen molar-refractivity contribution in [1.29, 1.82) is 0 Å². The van der Waals surface area contributed by atoms with Crippen molar-refractivity contribution in [2.75, 3.05) is 45.8 Å². The Kier molecular flexibility index (Phi) is 12.0. The number of carboxylic acids is 2. The second-order valence-corrected chi connectivity index (χ2v) is 8.56. The monoisotopic (exact) mass is 522 g/mol. The summed E-state index contributed by atoms with van der Waals surface area (Å²) in [4.78, 5) is 32.6. The number of benzene rings is 2. The van der Waals surface area contributed by atoms with Gasteiger partial charge in [0, 0.05) is 23.4 Å². The molecule has 196 valence electrons. The van der Waals surface area contributed by atoms with Gasteiger partial charge < -0.3 is 29.7 Å². The number of nitrogens with zero attached hydrogens (tertiary/aromatic N) is 1. The largest absolute Gasteiger partial charge is 0.497 e. The van der Waals surface area contributed by atoms with Crippen LogP contribution in [0.25, 0.3) is 0 Å². The van der Waals surface area contributed by atoms with Crippen LogP contribution in [-0.2, 0) is 25.7 Å². The number of carbonyl (C=O) groups excluding carboxylic acids is 1. The second kappa shape index (κ2) is 14.9. The van der Waals surface area contributed by atoms with Crippen molar-refractivity contribution >= 4 is 35.1 Å². The first-order chi connectivity index (χ1) is 17.2. The highest BCUT2D eigenvalue weighted by atomic mass is 35.5. The molecule has 0 unspecified atom stereocenters. The summed E-state index contributed by atoms with van der Waals surface area (Å²) in [5.74, 6) is -1.64. The lowest BCUT2D eigenvalue weighted by atomic mass is 9.98. The zero-order chi connectivity index (χ0) is 26.5. The highest BCUT2D eigenvalue weighted by Gasteiger charge is 2.21. The number of halogens is 1. The van der Waals surface area contributed by atoms with E-state index in [0.29, 0.717) is 30.7 Å². The Bertz CT molecular complexity index is 991. The van der Waals surface area contributed by atoms with E-state index in [1.54, 1.807) is 26.4 Å². The summed E-state index contributed by atoms with van der Waals surface area (Å²) < 4.78 is 16.5. The molecule has 0 saturated carbocycles. The van der Waals surface area contributed by atoms with Gasteiger partial charge in [-0.1, -0.05) is 17.7 Å². The van der Waals surface area contributed by atoms with Crippen molar-refractivity contribution < 1.29 is 38.8 Å². The molecule has 0 aliphatic carbocycles. The molecule has 1 amide bonds. The number of anilines is 1. The predicted molar refractivity (Wildman–Crippen MR) is 134 cm³/mol. The van der Waals surface area contributed by atoms with Gasteiger partial charge in [-0.2, -0.15) is 0 Å². The first-order valence-corrected chi connectivity index (χ1v) is 11.6. The first-order valence-electron chi connectivity index (χ1n) is 11.2. The van der Waals surface area contributed by atoms with Gasteiger partial charge in [0.1, 0.15) is 11.5 Å². The Hall–Kier alpha value is -3.34. The number of nitrogens with one attached hydrogen (secondary N) is 1. The molecule has 1 fully saturated rings. The van der Waals surface area contributed by atoms with Gasteiger partial charge in [0.25, 0.3) is 0 Å². The van der Waals surface area contributed by atoms with Crippen LogP contribution in [0.5, 0.6) is 11.5 Å². The normalized spacial score (nSPS) is 13.8. The number of carbonyl (C=O) groups is 3. The SMILES string of the molecule is COc1cc(COCC2CCN(CC(=O)Nc3cccc(Cl)c3)CC2)cc(OC)c1.O=C(O)C(=O)O. The molecule has 1 saturated heterocycles. The summed E-state index contributed by atoms with van der Waals surface area (Å²) in [5, 5.41) is 18.3. The summed E-state index contributed by atoms with van der Waals surface area (Å²) in [6.45, 7) is 3.41. The van der Waals surface area contributed by atoms with Crippen LogP contribution in [0.4, 0.5) is 5.69 Å². The minimum absolute atomic E-state index is 0.0149. The van der Waals surface area contributed by atoms with E-state index in [1.807, 2.05) is 30.3 Å². The summed E-state index contributed by atoms with van der Waals surface area (Å²) in [6, 6.07) is 13.0. The van der Waals surface area contributed by atoms with E-state index in [9.17, 15) is 4.79 Å². The van der Waals surface area contributed by atoms with Gasteiger partial charge in [-0.15, -0.1) is 0 Å². The first kappa shape index (κ1) is 28.9. The summed E-state index contributed by atoms with van der Waals surface area (Å²) in [5.41, 5.74) is 1.76. The average Bonchev–Trinajstić information content (AvgIpc) is 2.85. The minimum atomic E-state index is -1.82. The molecule has 0 aromatic heterocycles. The van der Waals surface area contributed by atoms with Crippen LogP contribution in [0.2, 0.25) is 5.02 Å². The topological polar surface area (TPSA) is 135 Å². The van der Waals surface area contributed by atoms with Crippen molar-refractivity contribution in [3.8, 4) is 11.5 Å². The second-order valence-electron chi connectivity index (χ2n) is 8.12. The fourth-order valence-corrected chi connectivity index (χ4v) is 3.76. The van der Waals surface area contributed by atoms with E-state index in [4.69, 9.17) is 45.6 Å². The van der Waals surface area contributed by atoms with Crippen molar-refractivity contribution in [2.24, 2.45) is 5.92 Å². The molecule has 11 heteroatoms. The standard InChI is InChI=1S/C23H29ClN2O4.C2H2O4/c1-28-21-10-18(11-22(13-21)29-2)16-30-15-17-6-8-26(9-7-17)14-23(27)25-20-5-3-4-19(24)12-20;3-1(4)2(5)6/h3-5,10-13,17H,6-9,14-16H2,1-2H3,(H,25,27);(H,3,4)(H,5,6). The molecule has 3 N–H and O–H groups in total. The van der Waals surface area contributed by atoms with Gasteiger partial charge in [0.15, 0.2) is 0 Å². The molecule has 0 radical (unpaired) electrons. The van der Waals surface area contributed by atoms with Crippen LogP contribution in [0, 0.1) is 5.92 Å². The van der Waals surface area contributed by atoms with Crippen LogP contribution in [0.15, 0.2) is 42.5 Å². The molecule has 2 aromatic carbocycles. The molecule has 3 rings (SSSR count). The Morgan fingerprint density at radius 1 is 1.00 bits per heavy atom. The molecule has 0 spiro atoms. The Morgan fingerprint density at radius 3 is 2.14 bits per heavy atom. The average molecular weight is 523 g/mol. The maximum absolute atomic E-state index is 12.3. The lowest BCUT2D eigenvalue weighted by molar-refractivity contribution is -0.159. The van der Waals surface area contributed by atoms with Crippen molar-refractivity contribution in [3.05, 3.63) is 53.1 Å². The third-order valence-electron chi connectivity index (χ3n) is 5.40. The number of aliphatic carboxylic acids is 2. The van der Waals surface area contributed by atoms with Gasteiger partial charge in [-0.25, -0.2) is 9.59 Å². The number of carboxylic acid groups (broad SMARTS) is 2. The highest BCUT2D eigenvalue weighted by Crippen LogP contribution is 2.24. The molecule has 1 aliphatic rings. The number of rotatable bonds is 9. The predicted octanol–water partition coefficient (Wildman–Crippen LogP) is 3.38. The van der Waals surface area contributed by atoms with Gasteiger partial charge in [-0.3, -0.25) is 9.69 Å². The molecule has 36 heavy (non-hydrogen) atoms. The lowest BCUT2D eigenvalue weighted by Gasteiger charge is -2.31. The smallest absolute Gasteiger partial charge is 0.414 e. The quantitative estimate of drug-likeness (QED) is 0.423. The molecular formula is C25H31ClN2O8. The summed E-state index contributed by atoms with van der Waals surface area (Å²) in [6.07, 6.45) is 2.04. The summed E-state index contributed by atoms with van der Waals surface area (Å²) >= 11 is 5.96. The molecule has 10 nitrogen and oxygen atoms in total. The molecule has 1 aliphatic heterocycles. The molecule has 0 bridgehead atoms. The molecular weight excluding hydrogens is 492 g/mol. The molecule has 0 atom stereocenters. The zero-order valence-corrected chi connectivity index (χ0v) is 21.0. The number of piperidine rings is 1. The fourth-order valence-electron chi connectivity index (χ4n) is 3.57. The number of methoxy groups -OCH3 is 2. The van der Waals surface area contributed by atoms with E-state index in [-0.39, 0.29) is 5.91 Å². The van der Waals surface area contributed by atoms with Gasteiger partial charge in [0.2, 0.25) is 5.91 Å². The number of amides is 1. The lowest BCUT2D eigenvalue weighted by Crippen LogP contribution is -2.40. The third-order valence-corrected chi connectivity index (χ3v) is 5.63.